The Balaban J connectivity index is 1.54. The molecule has 0 heterocycles. The Morgan fingerprint density at radius 2 is 1.81 bits per heavy atom. The van der Waals surface area contributed by atoms with Gasteiger partial charge in [0.25, 0.3) is 0 Å². The number of carbonyl (C=O) groups is 5. The van der Waals surface area contributed by atoms with Gasteiger partial charge in [-0.3, -0.25) is 24.0 Å². The predicted octanol–water partition coefficient (Wildman–Crippen LogP) is 1.88. The molecular weight excluding hydrogens is 538 g/mol. The number of nitrogens with zero attached hydrogens (tertiary/aromatic N) is 1. The van der Waals surface area contributed by atoms with Crippen molar-refractivity contribution in [2.45, 2.75) is 45.3 Å². The number of phenols is 1. The Bertz CT molecular complexity index is 1540. The lowest BCUT2D eigenvalue weighted by Gasteiger charge is -2.52. The number of Topliss-reactive ketones (excluding diaryl/α,β-unsaturated/α-hetero) is 4. The van der Waals surface area contributed by atoms with E-state index >= 15 is 0 Å². The summed E-state index contributed by atoms with van der Waals surface area (Å²) in [5.41, 5.74) is 5.70. The molecule has 1 amide bonds. The summed E-state index contributed by atoms with van der Waals surface area (Å²) in [6.07, 6.45) is 0.643. The summed E-state index contributed by atoms with van der Waals surface area (Å²) in [5.74, 6) is -11.7. The second-order valence-electron chi connectivity index (χ2n) is 11.9. The molecule has 5 N–H and O–H groups in total. The van der Waals surface area contributed by atoms with E-state index in [4.69, 9.17) is 11.0 Å². The zero-order valence-electron chi connectivity index (χ0n) is 23.4. The molecule has 2 fully saturated rings. The smallest absolute Gasteiger partial charge is 0.235 e. The number of nitrogens with one attached hydrogen (secondary N) is 1. The van der Waals surface area contributed by atoms with Crippen LogP contribution in [0.5, 0.6) is 5.75 Å². The zero-order chi connectivity index (χ0) is 30.5. The third-order valence-corrected chi connectivity index (χ3v) is 9.20. The van der Waals surface area contributed by atoms with Crippen molar-refractivity contribution in [2.75, 3.05) is 6.54 Å². The Hall–Kier alpha value is -4.20. The first-order valence-corrected chi connectivity index (χ1v) is 14.1. The highest BCUT2D eigenvalue weighted by atomic mass is 16.3. The molecule has 10 heteroatoms. The molecule has 0 aliphatic heterocycles. The first kappa shape index (κ1) is 29.3. The van der Waals surface area contributed by atoms with Crippen molar-refractivity contribution < 1.29 is 34.2 Å². The standard InChI is InChI=1S/C32H33N3O7/c1-15(2)23-21-13-18-12-20-19(17-6-4-16(5-7-17)14-35-11-3-10-33)8-9-22(36)25(20)28(38)24(18)29(39)32(21,42)30(40)26(27(23)37)31(34)41/h4-9,15,18,21,23-24,26,35-36,42H,3,11-14H2,1-2H3,(H2,34,41)/t18-,21-,23-,24?,26?,32-/m0/s1. The number of aliphatic hydroxyl groups is 1. The van der Waals surface area contributed by atoms with E-state index in [1.54, 1.807) is 19.9 Å². The molecule has 5 rings (SSSR count). The minimum absolute atomic E-state index is 0.0300. The zero-order valence-corrected chi connectivity index (χ0v) is 23.4. The number of amides is 1. The van der Waals surface area contributed by atoms with Gasteiger partial charge in [0.1, 0.15) is 5.75 Å². The maximum absolute atomic E-state index is 14.0. The number of phenolic OH excluding ortho intramolecular Hbond substituents is 1. The van der Waals surface area contributed by atoms with Crippen molar-refractivity contribution in [3.63, 3.8) is 0 Å². The molecule has 3 aliphatic rings. The van der Waals surface area contributed by atoms with E-state index in [0.717, 1.165) is 11.1 Å². The molecule has 10 nitrogen and oxygen atoms in total. The number of ketones is 4. The Kier molecular flexibility index (Phi) is 7.60. The molecule has 0 saturated heterocycles. The van der Waals surface area contributed by atoms with Gasteiger partial charge in [0.2, 0.25) is 5.91 Å². The molecule has 2 aromatic carbocycles. The van der Waals surface area contributed by atoms with Gasteiger partial charge in [0.15, 0.2) is 34.7 Å². The number of benzene rings is 2. The summed E-state index contributed by atoms with van der Waals surface area (Å²) in [6, 6.07) is 12.8. The maximum Gasteiger partial charge on any atom is 0.235 e. The SMILES string of the molecule is CC(C)[C@@H]1C(=O)C(C(N)=O)C(=O)[C@@]2(O)C(=O)C3C(=O)c4c(O)ccc(-c5ccc(CNCCC#N)cc5)c4C[C@H]3C[C@@H]12. The number of fused-ring (bicyclic) bond motifs is 3. The van der Waals surface area contributed by atoms with Crippen molar-refractivity contribution in [1.82, 2.24) is 5.32 Å². The number of nitrogens with two attached hydrogens (primary N) is 1. The number of carbonyl (C=O) groups excluding carboxylic acids is 5. The van der Waals surface area contributed by atoms with Crippen molar-refractivity contribution in [1.29, 1.82) is 5.26 Å². The van der Waals surface area contributed by atoms with Crippen LogP contribution < -0.4 is 11.1 Å². The van der Waals surface area contributed by atoms with Gasteiger partial charge in [-0.25, -0.2) is 0 Å². The summed E-state index contributed by atoms with van der Waals surface area (Å²) >= 11 is 0. The quantitative estimate of drug-likeness (QED) is 0.284. The van der Waals surface area contributed by atoms with Crippen molar-refractivity contribution in [3.8, 4) is 22.9 Å². The molecule has 0 aromatic heterocycles. The van der Waals surface area contributed by atoms with Crippen LogP contribution in [0.25, 0.3) is 11.1 Å². The predicted molar refractivity (Wildman–Crippen MR) is 150 cm³/mol. The number of hydrogen-bond acceptors (Lipinski definition) is 9. The minimum Gasteiger partial charge on any atom is -0.507 e. The number of primary amides is 1. The fourth-order valence-corrected chi connectivity index (χ4v) is 7.30. The Labute approximate surface area is 242 Å². The average molecular weight is 572 g/mol. The van der Waals surface area contributed by atoms with E-state index in [2.05, 4.69) is 11.4 Å². The monoisotopic (exact) mass is 571 g/mol. The Morgan fingerprint density at radius 3 is 2.43 bits per heavy atom. The van der Waals surface area contributed by atoms with E-state index in [1.165, 1.54) is 6.07 Å². The van der Waals surface area contributed by atoms with E-state index in [1.807, 2.05) is 24.3 Å². The molecule has 6 atom stereocenters. The van der Waals surface area contributed by atoms with Crippen LogP contribution in [0.3, 0.4) is 0 Å². The third kappa shape index (κ3) is 4.44. The fraction of sp³-hybridized carbons (Fsp3) is 0.438. The largest absolute Gasteiger partial charge is 0.507 e. The van der Waals surface area contributed by atoms with Gasteiger partial charge < -0.3 is 21.3 Å². The van der Waals surface area contributed by atoms with Gasteiger partial charge in [-0.15, -0.1) is 0 Å². The van der Waals surface area contributed by atoms with Crippen LogP contribution >= 0.6 is 0 Å². The summed E-state index contributed by atoms with van der Waals surface area (Å²) in [6.45, 7) is 4.58. The first-order valence-electron chi connectivity index (χ1n) is 14.1. The maximum atomic E-state index is 14.0. The number of nitriles is 1. The van der Waals surface area contributed by atoms with Crippen LogP contribution in [0, 0.1) is 46.8 Å². The molecule has 3 aliphatic carbocycles. The van der Waals surface area contributed by atoms with Gasteiger partial charge in [-0.1, -0.05) is 44.2 Å². The molecule has 2 saturated carbocycles. The van der Waals surface area contributed by atoms with Gasteiger partial charge in [-0.2, -0.15) is 5.26 Å². The normalized spacial score (nSPS) is 28.6. The van der Waals surface area contributed by atoms with Crippen LogP contribution in [0.15, 0.2) is 36.4 Å². The van der Waals surface area contributed by atoms with E-state index in [-0.39, 0.29) is 24.2 Å². The lowest BCUT2D eigenvalue weighted by molar-refractivity contribution is -0.182. The molecule has 42 heavy (non-hydrogen) atoms. The lowest BCUT2D eigenvalue weighted by Crippen LogP contribution is -2.71. The summed E-state index contributed by atoms with van der Waals surface area (Å²) in [4.78, 5) is 66.7. The highest BCUT2D eigenvalue weighted by Gasteiger charge is 2.69. The highest BCUT2D eigenvalue weighted by molar-refractivity contribution is 6.32. The first-order chi connectivity index (χ1) is 19.9. The highest BCUT2D eigenvalue weighted by Crippen LogP contribution is 2.53. The number of hydrogen-bond donors (Lipinski definition) is 4. The van der Waals surface area contributed by atoms with Crippen LogP contribution in [-0.2, 0) is 32.1 Å². The van der Waals surface area contributed by atoms with Crippen LogP contribution in [0.2, 0.25) is 0 Å². The van der Waals surface area contributed by atoms with E-state index in [9.17, 15) is 34.2 Å². The molecule has 218 valence electrons. The molecule has 0 spiro atoms. The molecular formula is C32H33N3O7. The third-order valence-electron chi connectivity index (χ3n) is 9.20. The summed E-state index contributed by atoms with van der Waals surface area (Å²) < 4.78 is 0. The topological polar surface area (TPSA) is 188 Å². The lowest BCUT2D eigenvalue weighted by atomic mass is 9.49. The van der Waals surface area contributed by atoms with Gasteiger partial charge >= 0.3 is 0 Å². The molecule has 2 aromatic rings. The van der Waals surface area contributed by atoms with Crippen molar-refractivity contribution in [3.05, 3.63) is 53.1 Å². The molecule has 0 radical (unpaired) electrons. The molecule has 0 bridgehead atoms. The second-order valence-corrected chi connectivity index (χ2v) is 11.9. The summed E-state index contributed by atoms with van der Waals surface area (Å²) in [5, 5.41) is 34.4. The fourth-order valence-electron chi connectivity index (χ4n) is 7.30. The van der Waals surface area contributed by atoms with E-state index < -0.39 is 70.1 Å². The van der Waals surface area contributed by atoms with Crippen LogP contribution in [0.1, 0.15) is 48.2 Å². The summed E-state index contributed by atoms with van der Waals surface area (Å²) in [7, 11) is 0. The van der Waals surface area contributed by atoms with Crippen LogP contribution in [-0.4, -0.2) is 51.4 Å². The number of rotatable bonds is 7. The van der Waals surface area contributed by atoms with Crippen molar-refractivity contribution >= 4 is 29.0 Å². The Morgan fingerprint density at radius 1 is 1.12 bits per heavy atom. The van der Waals surface area contributed by atoms with Crippen LogP contribution in [0.4, 0.5) is 0 Å². The van der Waals surface area contributed by atoms with Gasteiger partial charge in [0, 0.05) is 31.3 Å². The van der Waals surface area contributed by atoms with Crippen molar-refractivity contribution in [2.24, 2.45) is 41.2 Å². The van der Waals surface area contributed by atoms with Gasteiger partial charge in [-0.05, 0) is 53.0 Å². The number of aromatic hydroxyl groups is 1. The van der Waals surface area contributed by atoms with E-state index in [0.29, 0.717) is 30.6 Å². The second kappa shape index (κ2) is 10.9. The van der Waals surface area contributed by atoms with Gasteiger partial charge in [0.05, 0.1) is 17.6 Å². The average Bonchev–Trinajstić information content (AvgIpc) is 2.93. The minimum atomic E-state index is -2.71. The molecule has 2 unspecified atom stereocenters.